The highest BCUT2D eigenvalue weighted by atomic mass is 79.9. The number of hydrogen-bond acceptors (Lipinski definition) is 4. The van der Waals surface area contributed by atoms with Crippen molar-refractivity contribution in [2.45, 2.75) is 19.5 Å². The van der Waals surface area contributed by atoms with E-state index in [0.29, 0.717) is 6.54 Å². The normalized spacial score (nSPS) is 12.5. The SMILES string of the molecule is Cc1nc([C@@H](NCc2ccc(Br)o2)c2ccccc2)n[nH]1. The van der Waals surface area contributed by atoms with Crippen molar-refractivity contribution in [3.05, 3.63) is 70.1 Å². The standard InChI is InChI=1S/C15H15BrN4O/c1-10-18-15(20-19-10)14(11-5-3-2-4-6-11)17-9-12-7-8-13(16)21-12/h2-8,14,17H,9H2,1H3,(H,18,19,20)/t14-/m0/s1. The minimum atomic E-state index is -0.0833. The van der Waals surface area contributed by atoms with Crippen molar-refractivity contribution in [2.24, 2.45) is 0 Å². The summed E-state index contributed by atoms with van der Waals surface area (Å²) in [4.78, 5) is 4.44. The molecule has 3 rings (SSSR count). The first-order valence-electron chi connectivity index (χ1n) is 6.64. The van der Waals surface area contributed by atoms with Gasteiger partial charge in [0.1, 0.15) is 11.6 Å². The van der Waals surface area contributed by atoms with Crippen molar-refractivity contribution in [1.82, 2.24) is 20.5 Å². The van der Waals surface area contributed by atoms with Crippen LogP contribution in [0.1, 0.15) is 29.0 Å². The van der Waals surface area contributed by atoms with Crippen LogP contribution in [0.3, 0.4) is 0 Å². The van der Waals surface area contributed by atoms with Crippen LogP contribution in [-0.4, -0.2) is 15.2 Å². The van der Waals surface area contributed by atoms with E-state index in [9.17, 15) is 0 Å². The molecule has 1 aromatic carbocycles. The van der Waals surface area contributed by atoms with Crippen LogP contribution in [0.15, 0.2) is 51.6 Å². The van der Waals surface area contributed by atoms with Crippen LogP contribution in [-0.2, 0) is 6.54 Å². The smallest absolute Gasteiger partial charge is 0.172 e. The second-order valence-electron chi connectivity index (χ2n) is 4.71. The van der Waals surface area contributed by atoms with Gasteiger partial charge >= 0.3 is 0 Å². The maximum Gasteiger partial charge on any atom is 0.172 e. The van der Waals surface area contributed by atoms with Crippen LogP contribution in [0.2, 0.25) is 0 Å². The van der Waals surface area contributed by atoms with Gasteiger partial charge in [0, 0.05) is 0 Å². The van der Waals surface area contributed by atoms with Gasteiger partial charge in [0.2, 0.25) is 0 Å². The molecule has 0 amide bonds. The Morgan fingerprint density at radius 2 is 2.05 bits per heavy atom. The zero-order chi connectivity index (χ0) is 14.7. The van der Waals surface area contributed by atoms with Gasteiger partial charge in [-0.3, -0.25) is 10.4 Å². The fourth-order valence-corrected chi connectivity index (χ4v) is 2.48. The van der Waals surface area contributed by atoms with E-state index >= 15 is 0 Å². The Labute approximate surface area is 130 Å². The molecule has 3 aromatic rings. The molecule has 0 spiro atoms. The quantitative estimate of drug-likeness (QED) is 0.743. The number of hydrogen-bond donors (Lipinski definition) is 2. The van der Waals surface area contributed by atoms with Gasteiger partial charge in [0.05, 0.1) is 12.6 Å². The molecule has 0 saturated carbocycles. The number of nitrogens with one attached hydrogen (secondary N) is 2. The summed E-state index contributed by atoms with van der Waals surface area (Å²) in [6.45, 7) is 2.49. The van der Waals surface area contributed by atoms with Crippen molar-refractivity contribution in [3.63, 3.8) is 0 Å². The molecule has 0 fully saturated rings. The highest BCUT2D eigenvalue weighted by molar-refractivity contribution is 9.10. The third kappa shape index (κ3) is 3.40. The fraction of sp³-hybridized carbons (Fsp3) is 0.200. The number of furan rings is 1. The van der Waals surface area contributed by atoms with Gasteiger partial charge in [-0.1, -0.05) is 30.3 Å². The minimum absolute atomic E-state index is 0.0833. The summed E-state index contributed by atoms with van der Waals surface area (Å²) in [5.74, 6) is 2.38. The van der Waals surface area contributed by atoms with Gasteiger partial charge in [0.25, 0.3) is 0 Å². The summed E-state index contributed by atoms with van der Waals surface area (Å²) in [6, 6.07) is 13.9. The van der Waals surface area contributed by atoms with E-state index in [1.165, 1.54) is 0 Å². The number of benzene rings is 1. The third-order valence-electron chi connectivity index (χ3n) is 3.11. The Balaban J connectivity index is 1.82. The van der Waals surface area contributed by atoms with E-state index in [-0.39, 0.29) is 6.04 Å². The largest absolute Gasteiger partial charge is 0.453 e. The molecule has 0 unspecified atom stereocenters. The predicted molar refractivity (Wildman–Crippen MR) is 82.7 cm³/mol. The number of halogens is 1. The van der Waals surface area contributed by atoms with Gasteiger partial charge < -0.3 is 4.42 Å². The average molecular weight is 347 g/mol. The van der Waals surface area contributed by atoms with Gasteiger partial charge in [-0.2, -0.15) is 5.10 Å². The lowest BCUT2D eigenvalue weighted by Gasteiger charge is -2.15. The summed E-state index contributed by atoms with van der Waals surface area (Å²) >= 11 is 3.31. The summed E-state index contributed by atoms with van der Waals surface area (Å²) in [5, 5.41) is 10.6. The summed E-state index contributed by atoms with van der Waals surface area (Å²) in [5.41, 5.74) is 1.11. The molecule has 2 heterocycles. The molecule has 5 nitrogen and oxygen atoms in total. The van der Waals surface area contributed by atoms with E-state index in [4.69, 9.17) is 4.42 Å². The number of aromatic amines is 1. The van der Waals surface area contributed by atoms with Crippen LogP contribution >= 0.6 is 15.9 Å². The zero-order valence-electron chi connectivity index (χ0n) is 11.5. The van der Waals surface area contributed by atoms with Gasteiger partial charge in [-0.05, 0) is 40.5 Å². The lowest BCUT2D eigenvalue weighted by molar-refractivity contribution is 0.449. The molecule has 0 aliphatic rings. The highest BCUT2D eigenvalue weighted by Crippen LogP contribution is 2.20. The molecule has 108 valence electrons. The number of rotatable bonds is 5. The van der Waals surface area contributed by atoms with E-state index < -0.39 is 0 Å². The van der Waals surface area contributed by atoms with Gasteiger partial charge in [0.15, 0.2) is 10.5 Å². The molecule has 0 radical (unpaired) electrons. The lowest BCUT2D eigenvalue weighted by Crippen LogP contribution is -2.23. The molecule has 0 aliphatic carbocycles. The Kier molecular flexibility index (Phi) is 4.17. The summed E-state index contributed by atoms with van der Waals surface area (Å²) in [7, 11) is 0. The first-order valence-corrected chi connectivity index (χ1v) is 7.43. The monoisotopic (exact) mass is 346 g/mol. The number of nitrogens with zero attached hydrogens (tertiary/aromatic N) is 2. The second kappa shape index (κ2) is 6.24. The Morgan fingerprint density at radius 1 is 1.24 bits per heavy atom. The van der Waals surface area contributed by atoms with Crippen molar-refractivity contribution < 1.29 is 4.42 Å². The van der Waals surface area contributed by atoms with Crippen LogP contribution in [0.25, 0.3) is 0 Å². The van der Waals surface area contributed by atoms with Crippen molar-refractivity contribution in [2.75, 3.05) is 0 Å². The maximum absolute atomic E-state index is 5.52. The molecular weight excluding hydrogens is 332 g/mol. The van der Waals surface area contributed by atoms with E-state index in [1.54, 1.807) is 0 Å². The lowest BCUT2D eigenvalue weighted by atomic mass is 10.1. The second-order valence-corrected chi connectivity index (χ2v) is 5.49. The topological polar surface area (TPSA) is 66.7 Å². The van der Waals surface area contributed by atoms with E-state index in [1.807, 2.05) is 37.3 Å². The number of H-pyrrole nitrogens is 1. The van der Waals surface area contributed by atoms with Crippen molar-refractivity contribution in [1.29, 1.82) is 0 Å². The molecular formula is C15H15BrN4O. The van der Waals surface area contributed by atoms with Crippen LogP contribution in [0.5, 0.6) is 0 Å². The van der Waals surface area contributed by atoms with Crippen molar-refractivity contribution in [3.8, 4) is 0 Å². The molecule has 6 heteroatoms. The molecule has 0 aliphatic heterocycles. The molecule has 1 atom stereocenters. The van der Waals surface area contributed by atoms with Gasteiger partial charge in [-0.15, -0.1) is 0 Å². The average Bonchev–Trinajstić information content (AvgIpc) is 3.09. The molecule has 2 N–H and O–H groups in total. The van der Waals surface area contributed by atoms with E-state index in [0.717, 1.165) is 27.6 Å². The number of aromatic nitrogens is 3. The Hall–Kier alpha value is -1.92. The third-order valence-corrected chi connectivity index (χ3v) is 3.54. The van der Waals surface area contributed by atoms with Gasteiger partial charge in [-0.25, -0.2) is 4.98 Å². The van der Waals surface area contributed by atoms with Crippen molar-refractivity contribution >= 4 is 15.9 Å². The molecule has 0 bridgehead atoms. The minimum Gasteiger partial charge on any atom is -0.453 e. The summed E-state index contributed by atoms with van der Waals surface area (Å²) in [6.07, 6.45) is 0. The van der Waals surface area contributed by atoms with Crippen LogP contribution < -0.4 is 5.32 Å². The fourth-order valence-electron chi connectivity index (χ4n) is 2.14. The zero-order valence-corrected chi connectivity index (χ0v) is 13.1. The first-order chi connectivity index (χ1) is 10.2. The highest BCUT2D eigenvalue weighted by Gasteiger charge is 2.18. The Bertz CT molecular complexity index is 707. The molecule has 2 aromatic heterocycles. The van der Waals surface area contributed by atoms with Crippen LogP contribution in [0, 0.1) is 6.92 Å². The molecule has 0 saturated heterocycles. The Morgan fingerprint density at radius 3 is 2.67 bits per heavy atom. The maximum atomic E-state index is 5.52. The van der Waals surface area contributed by atoms with E-state index in [2.05, 4.69) is 48.6 Å². The number of aryl methyl sites for hydroxylation is 1. The first kappa shape index (κ1) is 14.0. The van der Waals surface area contributed by atoms with Crippen LogP contribution in [0.4, 0.5) is 0 Å². The summed E-state index contributed by atoms with van der Waals surface area (Å²) < 4.78 is 6.24. The predicted octanol–water partition coefficient (Wildman–Crippen LogP) is 3.35. The molecule has 21 heavy (non-hydrogen) atoms.